The summed E-state index contributed by atoms with van der Waals surface area (Å²) in [7, 11) is 0. The highest BCUT2D eigenvalue weighted by molar-refractivity contribution is 9.09. The normalized spacial score (nSPS) is 12.2. The maximum absolute atomic E-state index is 5.72. The predicted molar refractivity (Wildman–Crippen MR) is 70.7 cm³/mol. The second kappa shape index (κ2) is 7.55. The van der Waals surface area contributed by atoms with Gasteiger partial charge in [0, 0.05) is 5.33 Å². The topological polar surface area (TPSA) is 18.5 Å². The molecule has 0 aliphatic carbocycles. The Morgan fingerprint density at radius 2 is 1.81 bits per heavy atom. The van der Waals surface area contributed by atoms with E-state index in [0.29, 0.717) is 12.5 Å². The summed E-state index contributed by atoms with van der Waals surface area (Å²) in [6.45, 7) is 5.57. The number of benzene rings is 1. The van der Waals surface area contributed by atoms with Gasteiger partial charge in [0.25, 0.3) is 0 Å². The largest absolute Gasteiger partial charge is 0.490 e. The molecule has 1 atom stereocenters. The zero-order chi connectivity index (χ0) is 11.8. The van der Waals surface area contributed by atoms with Gasteiger partial charge in [0.1, 0.15) is 0 Å². The Bertz CT molecular complexity index is 302. The van der Waals surface area contributed by atoms with Crippen molar-refractivity contribution in [1.29, 1.82) is 0 Å². The average Bonchev–Trinajstić information content (AvgIpc) is 2.31. The Kier molecular flexibility index (Phi) is 6.31. The fraction of sp³-hybridized carbons (Fsp3) is 0.538. The number of ether oxygens (including phenoxy) is 2. The summed E-state index contributed by atoms with van der Waals surface area (Å²) in [5.74, 6) is 2.31. The number of hydrogen-bond acceptors (Lipinski definition) is 2. The van der Waals surface area contributed by atoms with Gasteiger partial charge in [-0.1, -0.05) is 35.0 Å². The minimum Gasteiger partial charge on any atom is -0.490 e. The number of alkyl halides is 1. The summed E-state index contributed by atoms with van der Waals surface area (Å²) in [6.07, 6.45) is 1.05. The molecule has 0 N–H and O–H groups in total. The van der Waals surface area contributed by atoms with Crippen LogP contribution in [0.15, 0.2) is 24.3 Å². The molecule has 2 nitrogen and oxygen atoms in total. The fourth-order valence-electron chi connectivity index (χ4n) is 1.29. The van der Waals surface area contributed by atoms with Crippen LogP contribution in [-0.4, -0.2) is 18.5 Å². The molecule has 1 aromatic rings. The first-order chi connectivity index (χ1) is 7.77. The third-order valence-electron chi connectivity index (χ3n) is 2.28. The minimum atomic E-state index is 0.638. The molecule has 0 bridgehead atoms. The van der Waals surface area contributed by atoms with E-state index in [2.05, 4.69) is 22.9 Å². The lowest BCUT2D eigenvalue weighted by Gasteiger charge is -2.13. The monoisotopic (exact) mass is 286 g/mol. The number of hydrogen-bond donors (Lipinski definition) is 0. The summed E-state index contributed by atoms with van der Waals surface area (Å²) < 4.78 is 11.2. The maximum Gasteiger partial charge on any atom is 0.161 e. The Hall–Kier alpha value is -0.700. The Morgan fingerprint density at radius 1 is 1.19 bits per heavy atom. The SMILES string of the molecule is CCOc1ccccc1OCCC(C)CBr. The van der Waals surface area contributed by atoms with Crippen molar-refractivity contribution in [2.45, 2.75) is 20.3 Å². The standard InChI is InChI=1S/C13H19BrO2/c1-3-15-12-6-4-5-7-13(12)16-9-8-11(2)10-14/h4-7,11H,3,8-10H2,1-2H3. The van der Waals surface area contributed by atoms with Gasteiger partial charge in [-0.2, -0.15) is 0 Å². The van der Waals surface area contributed by atoms with Gasteiger partial charge in [0.15, 0.2) is 11.5 Å². The van der Waals surface area contributed by atoms with Crippen LogP contribution in [-0.2, 0) is 0 Å². The second-order valence-electron chi connectivity index (χ2n) is 3.78. The van der Waals surface area contributed by atoms with Gasteiger partial charge in [-0.3, -0.25) is 0 Å². The van der Waals surface area contributed by atoms with Crippen LogP contribution in [0.5, 0.6) is 11.5 Å². The Morgan fingerprint density at radius 3 is 2.38 bits per heavy atom. The molecule has 0 aliphatic heterocycles. The van der Waals surface area contributed by atoms with Crippen LogP contribution in [0.2, 0.25) is 0 Å². The molecule has 0 aromatic heterocycles. The highest BCUT2D eigenvalue weighted by Gasteiger charge is 2.04. The van der Waals surface area contributed by atoms with Crippen molar-refractivity contribution < 1.29 is 9.47 Å². The van der Waals surface area contributed by atoms with Crippen molar-refractivity contribution in [3.05, 3.63) is 24.3 Å². The summed E-state index contributed by atoms with van der Waals surface area (Å²) in [4.78, 5) is 0. The van der Waals surface area contributed by atoms with E-state index < -0.39 is 0 Å². The molecule has 0 radical (unpaired) electrons. The van der Waals surface area contributed by atoms with Crippen LogP contribution in [0, 0.1) is 5.92 Å². The van der Waals surface area contributed by atoms with E-state index in [1.165, 1.54) is 0 Å². The van der Waals surface area contributed by atoms with E-state index in [1.807, 2.05) is 31.2 Å². The van der Waals surface area contributed by atoms with Gasteiger partial charge in [-0.15, -0.1) is 0 Å². The molecule has 0 fully saturated rings. The highest BCUT2D eigenvalue weighted by Crippen LogP contribution is 2.26. The summed E-state index contributed by atoms with van der Waals surface area (Å²) in [6, 6.07) is 7.81. The summed E-state index contributed by atoms with van der Waals surface area (Å²) in [5, 5.41) is 1.02. The molecule has 0 aliphatic rings. The van der Waals surface area contributed by atoms with E-state index in [0.717, 1.165) is 29.9 Å². The second-order valence-corrected chi connectivity index (χ2v) is 4.42. The quantitative estimate of drug-likeness (QED) is 0.708. The van der Waals surface area contributed by atoms with Crippen molar-refractivity contribution in [2.24, 2.45) is 5.92 Å². The number of para-hydroxylation sites is 2. The zero-order valence-corrected chi connectivity index (χ0v) is 11.5. The Labute approximate surface area is 106 Å². The third kappa shape index (κ3) is 4.44. The van der Waals surface area contributed by atoms with Crippen molar-refractivity contribution in [3.63, 3.8) is 0 Å². The molecule has 0 spiro atoms. The lowest BCUT2D eigenvalue weighted by Crippen LogP contribution is -2.06. The van der Waals surface area contributed by atoms with Crippen molar-refractivity contribution in [1.82, 2.24) is 0 Å². The van der Waals surface area contributed by atoms with Crippen LogP contribution < -0.4 is 9.47 Å². The maximum atomic E-state index is 5.72. The lowest BCUT2D eigenvalue weighted by atomic mass is 10.1. The molecular formula is C13H19BrO2. The fourth-order valence-corrected chi connectivity index (χ4v) is 1.62. The summed E-state index contributed by atoms with van der Waals surface area (Å²) in [5.41, 5.74) is 0. The first-order valence-electron chi connectivity index (χ1n) is 5.68. The van der Waals surface area contributed by atoms with Crippen molar-refractivity contribution in [2.75, 3.05) is 18.5 Å². The van der Waals surface area contributed by atoms with Crippen LogP contribution in [0.25, 0.3) is 0 Å². The molecule has 0 saturated carbocycles. The van der Waals surface area contributed by atoms with Crippen LogP contribution >= 0.6 is 15.9 Å². The van der Waals surface area contributed by atoms with Gasteiger partial charge < -0.3 is 9.47 Å². The summed E-state index contributed by atoms with van der Waals surface area (Å²) >= 11 is 3.46. The first-order valence-corrected chi connectivity index (χ1v) is 6.80. The smallest absolute Gasteiger partial charge is 0.161 e. The lowest BCUT2D eigenvalue weighted by molar-refractivity contribution is 0.262. The van der Waals surface area contributed by atoms with Gasteiger partial charge in [0.2, 0.25) is 0 Å². The molecule has 1 aromatic carbocycles. The van der Waals surface area contributed by atoms with Gasteiger partial charge in [-0.05, 0) is 31.4 Å². The van der Waals surface area contributed by atoms with Crippen molar-refractivity contribution in [3.8, 4) is 11.5 Å². The molecule has 16 heavy (non-hydrogen) atoms. The van der Waals surface area contributed by atoms with Crippen LogP contribution in [0.3, 0.4) is 0 Å². The van der Waals surface area contributed by atoms with E-state index >= 15 is 0 Å². The predicted octanol–water partition coefficient (Wildman–Crippen LogP) is 3.89. The average molecular weight is 287 g/mol. The van der Waals surface area contributed by atoms with E-state index in [-0.39, 0.29) is 0 Å². The minimum absolute atomic E-state index is 0.638. The third-order valence-corrected chi connectivity index (χ3v) is 3.39. The molecule has 0 heterocycles. The molecule has 1 unspecified atom stereocenters. The van der Waals surface area contributed by atoms with Crippen LogP contribution in [0.4, 0.5) is 0 Å². The van der Waals surface area contributed by atoms with Gasteiger partial charge in [-0.25, -0.2) is 0 Å². The van der Waals surface area contributed by atoms with Crippen LogP contribution in [0.1, 0.15) is 20.3 Å². The number of rotatable bonds is 7. The van der Waals surface area contributed by atoms with Gasteiger partial charge >= 0.3 is 0 Å². The number of halogens is 1. The molecule has 1 rings (SSSR count). The molecule has 90 valence electrons. The molecule has 3 heteroatoms. The van der Waals surface area contributed by atoms with Gasteiger partial charge in [0.05, 0.1) is 13.2 Å². The highest BCUT2D eigenvalue weighted by atomic mass is 79.9. The van der Waals surface area contributed by atoms with E-state index in [4.69, 9.17) is 9.47 Å². The first kappa shape index (κ1) is 13.4. The molecular weight excluding hydrogens is 268 g/mol. The Balaban J connectivity index is 2.46. The zero-order valence-electron chi connectivity index (χ0n) is 9.91. The van der Waals surface area contributed by atoms with E-state index in [1.54, 1.807) is 0 Å². The van der Waals surface area contributed by atoms with E-state index in [9.17, 15) is 0 Å². The van der Waals surface area contributed by atoms with Crippen molar-refractivity contribution >= 4 is 15.9 Å². The molecule has 0 amide bonds. The molecule has 0 saturated heterocycles.